The molecule has 0 spiro atoms. The van der Waals surface area contributed by atoms with Crippen molar-refractivity contribution in [2.45, 2.75) is 39.2 Å². The normalized spacial score (nSPS) is 11.0. The molecule has 2 aromatic rings. The Morgan fingerprint density at radius 3 is 2.43 bits per heavy atom. The van der Waals surface area contributed by atoms with Crippen LogP contribution in [0.15, 0.2) is 34.7 Å². The third-order valence-corrected chi connectivity index (χ3v) is 4.03. The van der Waals surface area contributed by atoms with E-state index in [2.05, 4.69) is 10.3 Å². The Morgan fingerprint density at radius 2 is 1.87 bits per heavy atom. The van der Waals surface area contributed by atoms with Crippen LogP contribution in [0.2, 0.25) is 0 Å². The number of oxazole rings is 1. The number of amides is 1. The molecule has 6 heteroatoms. The van der Waals surface area contributed by atoms with E-state index in [0.717, 1.165) is 18.4 Å². The molecule has 1 heterocycles. The van der Waals surface area contributed by atoms with Crippen LogP contribution in [0.1, 0.15) is 42.9 Å². The molecule has 0 unspecified atom stereocenters. The third kappa shape index (κ3) is 4.56. The van der Waals surface area contributed by atoms with Gasteiger partial charge in [0.2, 0.25) is 11.7 Å². The number of aromatic nitrogens is 1. The molecule has 0 fully saturated rings. The van der Waals surface area contributed by atoms with Crippen molar-refractivity contribution < 1.29 is 9.21 Å². The van der Waals surface area contributed by atoms with Crippen LogP contribution in [-0.2, 0) is 0 Å². The number of carbonyl (C=O) groups is 1. The Kier molecular flexibility index (Phi) is 6.79. The summed E-state index contributed by atoms with van der Waals surface area (Å²) in [5.74, 6) is 0.422. The van der Waals surface area contributed by atoms with Gasteiger partial charge in [0.15, 0.2) is 0 Å². The monoisotopic (exact) mass is 337 g/mol. The van der Waals surface area contributed by atoms with Gasteiger partial charge in [0.1, 0.15) is 0 Å². The highest BCUT2D eigenvalue weighted by Crippen LogP contribution is 2.21. The zero-order valence-corrected chi connectivity index (χ0v) is 14.6. The Hall–Kier alpha value is -1.85. The second-order valence-corrected chi connectivity index (χ2v) is 5.55. The van der Waals surface area contributed by atoms with E-state index in [1.165, 1.54) is 0 Å². The summed E-state index contributed by atoms with van der Waals surface area (Å²) in [6.07, 6.45) is 1.60. The van der Waals surface area contributed by atoms with Crippen molar-refractivity contribution in [1.29, 1.82) is 0 Å². The lowest BCUT2D eigenvalue weighted by molar-refractivity contribution is 0.0914. The summed E-state index contributed by atoms with van der Waals surface area (Å²) in [7, 11) is 0. The number of nitrogens with two attached hydrogens (primary N) is 1. The number of carbonyl (C=O) groups excluding carboxylic acids is 1. The van der Waals surface area contributed by atoms with Crippen molar-refractivity contribution in [1.82, 2.24) is 10.3 Å². The van der Waals surface area contributed by atoms with E-state index in [9.17, 15) is 4.79 Å². The predicted octanol–water partition coefficient (Wildman–Crippen LogP) is 3.32. The van der Waals surface area contributed by atoms with Crippen molar-refractivity contribution >= 4 is 18.3 Å². The van der Waals surface area contributed by atoms with Gasteiger partial charge in [0.25, 0.3) is 5.91 Å². The van der Waals surface area contributed by atoms with Gasteiger partial charge in [-0.2, -0.15) is 0 Å². The minimum Gasteiger partial charge on any atom is -0.431 e. The molecular formula is C17H24ClN3O2. The van der Waals surface area contributed by atoms with Crippen LogP contribution in [0.3, 0.4) is 0 Å². The maximum atomic E-state index is 12.3. The first kappa shape index (κ1) is 19.2. The number of halogens is 1. The van der Waals surface area contributed by atoms with Crippen LogP contribution in [0.5, 0.6) is 0 Å². The zero-order valence-electron chi connectivity index (χ0n) is 13.8. The van der Waals surface area contributed by atoms with Crippen molar-refractivity contribution in [3.05, 3.63) is 41.8 Å². The molecule has 2 rings (SSSR count). The summed E-state index contributed by atoms with van der Waals surface area (Å²) < 4.78 is 5.63. The summed E-state index contributed by atoms with van der Waals surface area (Å²) in [5, 5.41) is 2.85. The van der Waals surface area contributed by atoms with Crippen LogP contribution in [0.4, 0.5) is 0 Å². The minimum atomic E-state index is -0.383. The van der Waals surface area contributed by atoms with E-state index in [0.29, 0.717) is 18.1 Å². The lowest BCUT2D eigenvalue weighted by atomic mass is 9.94. The number of rotatable bonds is 6. The smallest absolute Gasteiger partial charge is 0.289 e. The summed E-state index contributed by atoms with van der Waals surface area (Å²) in [4.78, 5) is 16.6. The van der Waals surface area contributed by atoms with E-state index < -0.39 is 0 Å². The molecule has 0 atom stereocenters. The molecule has 5 nitrogen and oxygen atoms in total. The molecule has 3 N–H and O–H groups in total. The van der Waals surface area contributed by atoms with E-state index in [-0.39, 0.29) is 29.6 Å². The maximum absolute atomic E-state index is 12.3. The third-order valence-electron chi connectivity index (χ3n) is 4.03. The van der Waals surface area contributed by atoms with Gasteiger partial charge in [-0.05, 0) is 31.9 Å². The van der Waals surface area contributed by atoms with Crippen LogP contribution in [-0.4, -0.2) is 23.0 Å². The highest BCUT2D eigenvalue weighted by molar-refractivity contribution is 5.92. The van der Waals surface area contributed by atoms with Crippen molar-refractivity contribution in [2.75, 3.05) is 6.54 Å². The van der Waals surface area contributed by atoms with Gasteiger partial charge in [0, 0.05) is 17.6 Å². The average Bonchev–Trinajstić information content (AvgIpc) is 2.95. The second kappa shape index (κ2) is 8.13. The average molecular weight is 338 g/mol. The number of benzene rings is 1. The largest absolute Gasteiger partial charge is 0.431 e. The fraction of sp³-hybridized carbons (Fsp3) is 0.412. The molecule has 0 aliphatic rings. The lowest BCUT2D eigenvalue weighted by Crippen LogP contribution is -2.49. The van der Waals surface area contributed by atoms with Gasteiger partial charge in [-0.15, -0.1) is 12.4 Å². The van der Waals surface area contributed by atoms with Crippen molar-refractivity contribution in [2.24, 2.45) is 5.73 Å². The second-order valence-electron chi connectivity index (χ2n) is 5.55. The van der Waals surface area contributed by atoms with Gasteiger partial charge >= 0.3 is 0 Å². The van der Waals surface area contributed by atoms with Gasteiger partial charge in [0.05, 0.1) is 5.69 Å². The number of hydrogen-bond donors (Lipinski definition) is 2. The Bertz CT molecular complexity index is 637. The number of nitrogens with zero attached hydrogens (tertiary/aromatic N) is 1. The molecule has 126 valence electrons. The highest BCUT2D eigenvalue weighted by atomic mass is 35.5. The maximum Gasteiger partial charge on any atom is 0.289 e. The Labute approximate surface area is 143 Å². The molecule has 0 aliphatic carbocycles. The molecular weight excluding hydrogens is 314 g/mol. The fourth-order valence-electron chi connectivity index (χ4n) is 2.15. The van der Waals surface area contributed by atoms with Gasteiger partial charge in [-0.1, -0.05) is 32.0 Å². The van der Waals surface area contributed by atoms with Gasteiger partial charge in [-0.3, -0.25) is 4.79 Å². The number of aryl methyl sites for hydroxylation is 1. The molecule has 1 aromatic heterocycles. The molecule has 0 aliphatic heterocycles. The molecule has 0 saturated heterocycles. The summed E-state index contributed by atoms with van der Waals surface area (Å²) >= 11 is 0. The molecule has 23 heavy (non-hydrogen) atoms. The molecule has 0 radical (unpaired) electrons. The van der Waals surface area contributed by atoms with E-state index >= 15 is 0 Å². The first-order valence-electron chi connectivity index (χ1n) is 7.59. The van der Waals surface area contributed by atoms with E-state index in [1.807, 2.05) is 44.2 Å². The highest BCUT2D eigenvalue weighted by Gasteiger charge is 2.24. The summed E-state index contributed by atoms with van der Waals surface area (Å²) in [6.45, 7) is 6.21. The van der Waals surface area contributed by atoms with Crippen LogP contribution in [0.25, 0.3) is 11.5 Å². The standard InChI is InChI=1S/C17H23N3O2.ClH/c1-4-17(18,5-2)11-19-15(21)14-12(3)20-16(22-14)13-9-7-6-8-10-13;/h6-10H,4-5,11,18H2,1-3H3,(H,19,21);1H. The zero-order chi connectivity index (χ0) is 16.2. The first-order valence-corrected chi connectivity index (χ1v) is 7.59. The molecule has 0 saturated carbocycles. The molecule has 1 amide bonds. The summed E-state index contributed by atoms with van der Waals surface area (Å²) in [5.41, 5.74) is 7.24. The van der Waals surface area contributed by atoms with Crippen molar-refractivity contribution in [3.8, 4) is 11.5 Å². The van der Waals surface area contributed by atoms with Gasteiger partial charge < -0.3 is 15.5 Å². The first-order chi connectivity index (χ1) is 10.5. The fourth-order valence-corrected chi connectivity index (χ4v) is 2.15. The van der Waals surface area contributed by atoms with Crippen LogP contribution >= 0.6 is 12.4 Å². The summed E-state index contributed by atoms with van der Waals surface area (Å²) in [6, 6.07) is 9.51. The molecule has 1 aromatic carbocycles. The topological polar surface area (TPSA) is 81.1 Å². The van der Waals surface area contributed by atoms with E-state index in [4.69, 9.17) is 10.2 Å². The molecule has 0 bridgehead atoms. The van der Waals surface area contributed by atoms with Gasteiger partial charge in [-0.25, -0.2) is 4.98 Å². The lowest BCUT2D eigenvalue weighted by Gasteiger charge is -2.26. The van der Waals surface area contributed by atoms with E-state index in [1.54, 1.807) is 6.92 Å². The Morgan fingerprint density at radius 1 is 1.26 bits per heavy atom. The Balaban J connectivity index is 0.00000264. The minimum absolute atomic E-state index is 0. The number of hydrogen-bond acceptors (Lipinski definition) is 4. The number of nitrogens with one attached hydrogen (secondary N) is 1. The SMILES string of the molecule is CCC(N)(CC)CNC(=O)c1oc(-c2ccccc2)nc1C.Cl. The quantitative estimate of drug-likeness (QED) is 0.847. The predicted molar refractivity (Wildman–Crippen MR) is 93.8 cm³/mol. The van der Waals surface area contributed by atoms with Crippen LogP contribution < -0.4 is 11.1 Å². The van der Waals surface area contributed by atoms with Crippen molar-refractivity contribution in [3.63, 3.8) is 0 Å². The van der Waals surface area contributed by atoms with Crippen LogP contribution in [0, 0.1) is 6.92 Å².